The van der Waals surface area contributed by atoms with Gasteiger partial charge in [0.05, 0.1) is 6.26 Å². The fraction of sp³-hybridized carbons (Fsp3) is 0.533. The Morgan fingerprint density at radius 3 is 2.81 bits per heavy atom. The van der Waals surface area contributed by atoms with Crippen LogP contribution in [0.2, 0.25) is 0 Å². The van der Waals surface area contributed by atoms with Crippen LogP contribution in [-0.2, 0) is 21.4 Å². The molecule has 0 unspecified atom stereocenters. The predicted octanol–water partition coefficient (Wildman–Crippen LogP) is 1.43. The largest absolute Gasteiger partial charge is 0.351 e. The van der Waals surface area contributed by atoms with E-state index in [4.69, 9.17) is 0 Å². The van der Waals surface area contributed by atoms with Gasteiger partial charge in [-0.15, -0.1) is 0 Å². The molecule has 1 aliphatic heterocycles. The number of sulfonamides is 1. The highest BCUT2D eigenvalue weighted by atomic mass is 32.2. The molecule has 21 heavy (non-hydrogen) atoms. The molecule has 1 heterocycles. The van der Waals surface area contributed by atoms with E-state index in [9.17, 15) is 13.2 Å². The number of benzene rings is 1. The molecule has 0 saturated carbocycles. The lowest BCUT2D eigenvalue weighted by Gasteiger charge is -2.32. The average Bonchev–Trinajstić information content (AvgIpc) is 2.44. The first-order valence-electron chi connectivity index (χ1n) is 7.18. The lowest BCUT2D eigenvalue weighted by atomic mass is 10.0. The van der Waals surface area contributed by atoms with Crippen molar-refractivity contribution in [3.05, 3.63) is 35.4 Å². The van der Waals surface area contributed by atoms with Gasteiger partial charge in [0.2, 0.25) is 15.9 Å². The summed E-state index contributed by atoms with van der Waals surface area (Å²) in [6, 6.07) is 7.33. The summed E-state index contributed by atoms with van der Waals surface area (Å²) in [6.07, 6.45) is 3.45. The third-order valence-electron chi connectivity index (χ3n) is 3.73. The summed E-state index contributed by atoms with van der Waals surface area (Å²) >= 11 is 0. The highest BCUT2D eigenvalue weighted by Crippen LogP contribution is 2.20. The number of nitrogens with one attached hydrogen (secondary N) is 1. The molecule has 1 aromatic carbocycles. The third-order valence-corrected chi connectivity index (χ3v) is 5.02. The van der Waals surface area contributed by atoms with Crippen molar-refractivity contribution in [3.63, 3.8) is 0 Å². The van der Waals surface area contributed by atoms with Crippen LogP contribution in [0.3, 0.4) is 0 Å². The summed E-state index contributed by atoms with van der Waals surface area (Å²) in [4.78, 5) is 12.3. The smallest absolute Gasteiger partial charge is 0.238 e. The summed E-state index contributed by atoms with van der Waals surface area (Å²) in [7, 11) is -3.34. The summed E-state index contributed by atoms with van der Waals surface area (Å²) in [5, 5.41) is 2.85. The molecule has 0 spiro atoms. The monoisotopic (exact) mass is 310 g/mol. The number of carbonyl (C=O) groups is 1. The number of carbonyl (C=O) groups excluding carboxylic acids is 1. The van der Waals surface area contributed by atoms with E-state index in [2.05, 4.69) is 5.32 Å². The van der Waals surface area contributed by atoms with Crippen molar-refractivity contribution in [3.8, 4) is 0 Å². The van der Waals surface area contributed by atoms with Gasteiger partial charge in [-0.1, -0.05) is 36.2 Å². The molecule has 1 fully saturated rings. The first-order chi connectivity index (χ1) is 9.88. The molecule has 1 amide bonds. The average molecular weight is 310 g/mol. The number of amides is 1. The highest BCUT2D eigenvalue weighted by molar-refractivity contribution is 7.88. The van der Waals surface area contributed by atoms with Gasteiger partial charge in [0.1, 0.15) is 6.04 Å². The van der Waals surface area contributed by atoms with Gasteiger partial charge >= 0.3 is 0 Å². The Balaban J connectivity index is 2.01. The Labute approximate surface area is 126 Å². The summed E-state index contributed by atoms with van der Waals surface area (Å²) < 4.78 is 24.9. The Kier molecular flexibility index (Phi) is 5.00. The lowest BCUT2D eigenvalue weighted by Crippen LogP contribution is -2.51. The van der Waals surface area contributed by atoms with Crippen LogP contribution in [0.1, 0.15) is 30.4 Å². The van der Waals surface area contributed by atoms with Crippen molar-refractivity contribution in [2.24, 2.45) is 0 Å². The second kappa shape index (κ2) is 6.58. The van der Waals surface area contributed by atoms with Gasteiger partial charge in [0.15, 0.2) is 0 Å². The molecule has 0 radical (unpaired) electrons. The van der Waals surface area contributed by atoms with Crippen molar-refractivity contribution in [1.82, 2.24) is 9.62 Å². The minimum atomic E-state index is -3.34. The summed E-state index contributed by atoms with van der Waals surface area (Å²) in [5.74, 6) is -0.207. The Hall–Kier alpha value is -1.40. The van der Waals surface area contributed by atoms with Gasteiger partial charge in [-0.25, -0.2) is 8.42 Å². The molecule has 1 saturated heterocycles. The van der Waals surface area contributed by atoms with Crippen molar-refractivity contribution >= 4 is 15.9 Å². The first kappa shape index (κ1) is 16.0. The molecule has 116 valence electrons. The molecular weight excluding hydrogens is 288 g/mol. The predicted molar refractivity (Wildman–Crippen MR) is 82.2 cm³/mol. The highest BCUT2D eigenvalue weighted by Gasteiger charge is 2.34. The molecule has 0 aliphatic carbocycles. The van der Waals surface area contributed by atoms with E-state index in [1.807, 2.05) is 31.2 Å². The van der Waals surface area contributed by atoms with E-state index >= 15 is 0 Å². The van der Waals surface area contributed by atoms with Crippen LogP contribution in [0.15, 0.2) is 24.3 Å². The number of nitrogens with zero attached hydrogens (tertiary/aromatic N) is 1. The molecule has 2 rings (SSSR count). The van der Waals surface area contributed by atoms with Crippen LogP contribution in [0, 0.1) is 6.92 Å². The second-order valence-electron chi connectivity index (χ2n) is 5.59. The zero-order valence-electron chi connectivity index (χ0n) is 12.5. The molecular formula is C15H22N2O3S. The molecule has 0 aromatic heterocycles. The molecule has 5 nitrogen and oxygen atoms in total. The number of aryl methyl sites for hydroxylation is 1. The topological polar surface area (TPSA) is 66.5 Å². The van der Waals surface area contributed by atoms with Crippen molar-refractivity contribution in [2.45, 2.75) is 38.8 Å². The molecule has 1 aliphatic rings. The lowest BCUT2D eigenvalue weighted by molar-refractivity contribution is -0.125. The van der Waals surface area contributed by atoms with Crippen molar-refractivity contribution < 1.29 is 13.2 Å². The van der Waals surface area contributed by atoms with Crippen molar-refractivity contribution in [1.29, 1.82) is 0 Å². The quantitative estimate of drug-likeness (QED) is 0.915. The van der Waals surface area contributed by atoms with Crippen LogP contribution in [0.5, 0.6) is 0 Å². The Morgan fingerprint density at radius 1 is 1.38 bits per heavy atom. The van der Waals surface area contributed by atoms with Gasteiger partial charge in [0, 0.05) is 13.1 Å². The molecule has 1 aromatic rings. The SMILES string of the molecule is Cc1cccc(CNC(=O)[C@@H]2CCCCN2S(C)(=O)=O)c1. The maximum atomic E-state index is 12.3. The van der Waals surface area contributed by atoms with Crippen LogP contribution in [0.25, 0.3) is 0 Å². The normalized spacial score (nSPS) is 20.2. The van der Waals surface area contributed by atoms with Gasteiger partial charge in [0.25, 0.3) is 0 Å². The fourth-order valence-electron chi connectivity index (χ4n) is 2.69. The second-order valence-corrected chi connectivity index (χ2v) is 7.53. The van der Waals surface area contributed by atoms with E-state index in [1.54, 1.807) is 0 Å². The maximum Gasteiger partial charge on any atom is 0.238 e. The van der Waals surface area contributed by atoms with E-state index < -0.39 is 16.1 Å². The Morgan fingerprint density at radius 2 is 2.14 bits per heavy atom. The zero-order chi connectivity index (χ0) is 15.5. The minimum absolute atomic E-state index is 0.207. The summed E-state index contributed by atoms with van der Waals surface area (Å²) in [5.41, 5.74) is 2.15. The molecule has 1 atom stereocenters. The number of hydrogen-bond donors (Lipinski definition) is 1. The van der Waals surface area contributed by atoms with Gasteiger partial charge < -0.3 is 5.32 Å². The van der Waals surface area contributed by atoms with Gasteiger partial charge in [-0.3, -0.25) is 4.79 Å². The molecule has 0 bridgehead atoms. The number of hydrogen-bond acceptors (Lipinski definition) is 3. The number of piperidine rings is 1. The van der Waals surface area contributed by atoms with Gasteiger partial charge in [-0.05, 0) is 25.3 Å². The van der Waals surface area contributed by atoms with E-state index in [-0.39, 0.29) is 5.91 Å². The van der Waals surface area contributed by atoms with Crippen LogP contribution < -0.4 is 5.32 Å². The zero-order valence-corrected chi connectivity index (χ0v) is 13.3. The Bertz CT molecular complexity index is 613. The van der Waals surface area contributed by atoms with Gasteiger partial charge in [-0.2, -0.15) is 4.31 Å². The van der Waals surface area contributed by atoms with Crippen LogP contribution in [0.4, 0.5) is 0 Å². The standard InChI is InChI=1S/C15H22N2O3S/c1-12-6-5-7-13(10-12)11-16-15(18)14-8-3-4-9-17(14)21(2,19)20/h5-7,10,14H,3-4,8-9,11H2,1-2H3,(H,16,18)/t14-/m0/s1. The molecule has 6 heteroatoms. The maximum absolute atomic E-state index is 12.3. The summed E-state index contributed by atoms with van der Waals surface area (Å²) in [6.45, 7) is 2.85. The molecule has 1 N–H and O–H groups in total. The third kappa shape index (κ3) is 4.28. The van der Waals surface area contributed by atoms with Crippen LogP contribution >= 0.6 is 0 Å². The minimum Gasteiger partial charge on any atom is -0.351 e. The fourth-order valence-corrected chi connectivity index (χ4v) is 3.82. The van der Waals surface area contributed by atoms with E-state index in [0.717, 1.165) is 24.0 Å². The van der Waals surface area contributed by atoms with E-state index in [0.29, 0.717) is 19.5 Å². The number of rotatable bonds is 4. The van der Waals surface area contributed by atoms with Crippen molar-refractivity contribution in [2.75, 3.05) is 12.8 Å². The van der Waals surface area contributed by atoms with E-state index in [1.165, 1.54) is 10.6 Å². The first-order valence-corrected chi connectivity index (χ1v) is 9.03. The van der Waals surface area contributed by atoms with Crippen LogP contribution in [-0.4, -0.2) is 37.5 Å².